The predicted molar refractivity (Wildman–Crippen MR) is 136 cm³/mol. The third-order valence-electron chi connectivity index (χ3n) is 5.29. The highest BCUT2D eigenvalue weighted by Crippen LogP contribution is 2.40. The average molecular weight is 551 g/mol. The molecule has 2 aromatic rings. The van der Waals surface area contributed by atoms with Crippen molar-refractivity contribution >= 4 is 63.7 Å². The fourth-order valence-electron chi connectivity index (χ4n) is 3.81. The van der Waals surface area contributed by atoms with E-state index in [0.29, 0.717) is 17.9 Å². The van der Waals surface area contributed by atoms with Crippen LogP contribution in [0.4, 0.5) is 5.13 Å². The molecule has 0 aliphatic carbocycles. The number of nitrogens with one attached hydrogen (secondary N) is 1. The number of thioether (sulfide) groups is 2. The Morgan fingerprint density at radius 3 is 2.94 bits per heavy atom. The molecule has 2 atom stereocenters. The number of β-lactam (4-membered cyclic amide) rings is 1. The highest BCUT2D eigenvalue weighted by molar-refractivity contribution is 8.00. The fraction of sp³-hybridized carbons (Fsp3) is 0.381. The van der Waals surface area contributed by atoms with Crippen LogP contribution in [0.2, 0.25) is 0 Å². The van der Waals surface area contributed by atoms with Crippen LogP contribution in [0.25, 0.3) is 0 Å². The Labute approximate surface area is 219 Å². The third-order valence-corrected chi connectivity index (χ3v) is 7.80. The van der Waals surface area contributed by atoms with Gasteiger partial charge in [0.1, 0.15) is 23.7 Å². The number of anilines is 1. The third kappa shape index (κ3) is 5.32. The minimum Gasteiger partial charge on any atom is -0.477 e. The Morgan fingerprint density at radius 2 is 2.28 bits per heavy atom. The quantitative estimate of drug-likeness (QED) is 0.164. The Kier molecular flexibility index (Phi) is 8.11. The maximum absolute atomic E-state index is 13.0. The van der Waals surface area contributed by atoms with Gasteiger partial charge in [-0.25, -0.2) is 9.36 Å². The van der Waals surface area contributed by atoms with E-state index in [9.17, 15) is 19.5 Å². The number of carbonyl (C=O) groups is 3. The summed E-state index contributed by atoms with van der Waals surface area (Å²) in [5.41, 5.74) is 7.09. The van der Waals surface area contributed by atoms with Gasteiger partial charge in [-0.05, 0) is 19.2 Å². The van der Waals surface area contributed by atoms with Crippen molar-refractivity contribution in [1.82, 2.24) is 19.6 Å². The van der Waals surface area contributed by atoms with Crippen LogP contribution in [0.5, 0.6) is 0 Å². The number of oxime groups is 1. The lowest BCUT2D eigenvalue weighted by Crippen LogP contribution is -2.71. The molecule has 0 saturated carbocycles. The van der Waals surface area contributed by atoms with Gasteiger partial charge in [0.05, 0.1) is 0 Å². The van der Waals surface area contributed by atoms with Crippen molar-refractivity contribution in [3.63, 3.8) is 0 Å². The summed E-state index contributed by atoms with van der Waals surface area (Å²) < 4.78 is 5.90. The Hall–Kier alpha value is -3.17. The number of nitrogens with two attached hydrogens (primary N) is 1. The first-order valence-electron chi connectivity index (χ1n) is 10.8. The number of amides is 2. The lowest BCUT2D eigenvalue weighted by Gasteiger charge is -2.49. The number of carbonyl (C=O) groups excluding carboxylic acids is 2. The van der Waals surface area contributed by atoms with E-state index < -0.39 is 29.2 Å². The van der Waals surface area contributed by atoms with Gasteiger partial charge in [0.2, 0.25) is 11.5 Å². The van der Waals surface area contributed by atoms with Crippen LogP contribution in [-0.4, -0.2) is 72.9 Å². The molecule has 4 heterocycles. The van der Waals surface area contributed by atoms with E-state index in [0.717, 1.165) is 22.8 Å². The average Bonchev–Trinajstić information content (AvgIpc) is 3.28. The van der Waals surface area contributed by atoms with Crippen LogP contribution in [0.15, 0.2) is 41.0 Å². The molecule has 36 heavy (non-hydrogen) atoms. The molecule has 2 amide bonds. The normalized spacial score (nSPS) is 19.6. The standard InChI is InChI=1S/C21H23N7O5S3/c1-3-33-25-13(16-24-21(22)36-26-16)17(29)23-14-18(30)28-15(20(31)32)12(10-35-19(14)28)8-27-6-4-5-11(7-27)9-34-2/h4-7,14,19H,3,8-10H2,1-2H3,(H3-,22,23,24,26,29,31,32)/p+1/t14?,19-/m1/s1. The molecule has 2 aliphatic heterocycles. The topological polar surface area (TPSA) is 164 Å². The van der Waals surface area contributed by atoms with Gasteiger partial charge in [0.25, 0.3) is 11.8 Å². The Balaban J connectivity index is 1.52. The smallest absolute Gasteiger partial charge is 0.352 e. The summed E-state index contributed by atoms with van der Waals surface area (Å²) in [6.07, 6.45) is 5.85. The van der Waals surface area contributed by atoms with Gasteiger partial charge >= 0.3 is 5.97 Å². The molecule has 12 nitrogen and oxygen atoms in total. The van der Waals surface area contributed by atoms with E-state index in [1.54, 1.807) is 18.7 Å². The Bertz CT molecular complexity index is 1250. The summed E-state index contributed by atoms with van der Waals surface area (Å²) in [5.74, 6) is -1.20. The van der Waals surface area contributed by atoms with Gasteiger partial charge in [-0.15, -0.1) is 11.8 Å². The molecule has 15 heteroatoms. The number of nitrogens with zero attached hydrogens (tertiary/aromatic N) is 5. The maximum atomic E-state index is 13.0. The number of nitrogen functional groups attached to an aromatic ring is 1. The number of aliphatic carboxylic acids is 1. The molecule has 4 rings (SSSR count). The van der Waals surface area contributed by atoms with Crippen LogP contribution >= 0.6 is 35.1 Å². The number of hydrogen-bond donors (Lipinski definition) is 3. The van der Waals surface area contributed by atoms with Crippen LogP contribution in [0.3, 0.4) is 0 Å². The minimum atomic E-state index is -1.19. The lowest BCUT2D eigenvalue weighted by molar-refractivity contribution is -0.689. The van der Waals surface area contributed by atoms with Crippen molar-refractivity contribution in [3.8, 4) is 0 Å². The molecule has 0 radical (unpaired) electrons. The van der Waals surface area contributed by atoms with Gasteiger partial charge in [-0.1, -0.05) is 5.16 Å². The van der Waals surface area contributed by atoms with Crippen molar-refractivity contribution in [3.05, 3.63) is 47.2 Å². The molecule has 2 aliphatic rings. The molecular formula is C21H24N7O5S3+. The van der Waals surface area contributed by atoms with Gasteiger partial charge in [-0.2, -0.15) is 21.1 Å². The van der Waals surface area contributed by atoms with Crippen molar-refractivity contribution in [2.24, 2.45) is 5.16 Å². The first kappa shape index (κ1) is 25.9. The number of aromatic nitrogens is 3. The number of carboxylic acid groups (broad SMARTS) is 1. The van der Waals surface area contributed by atoms with Crippen LogP contribution in [-0.2, 0) is 31.5 Å². The molecule has 1 fully saturated rings. The number of carboxylic acids is 1. The van der Waals surface area contributed by atoms with Crippen LogP contribution < -0.4 is 15.6 Å². The van der Waals surface area contributed by atoms with Gasteiger partial charge in [0.15, 0.2) is 24.1 Å². The van der Waals surface area contributed by atoms with E-state index in [-0.39, 0.29) is 29.0 Å². The summed E-state index contributed by atoms with van der Waals surface area (Å²) in [6, 6.07) is 2.99. The summed E-state index contributed by atoms with van der Waals surface area (Å²) in [6.45, 7) is 2.24. The highest BCUT2D eigenvalue weighted by atomic mass is 32.2. The van der Waals surface area contributed by atoms with E-state index in [1.807, 2.05) is 35.3 Å². The minimum absolute atomic E-state index is 0.0162. The summed E-state index contributed by atoms with van der Waals surface area (Å²) in [4.78, 5) is 48.4. The predicted octanol–water partition coefficient (Wildman–Crippen LogP) is 0.450. The fourth-order valence-corrected chi connectivity index (χ4v) is 6.08. The molecule has 1 saturated heterocycles. The zero-order valence-corrected chi connectivity index (χ0v) is 21.9. The van der Waals surface area contributed by atoms with Crippen LogP contribution in [0.1, 0.15) is 18.3 Å². The monoisotopic (exact) mass is 550 g/mol. The largest absolute Gasteiger partial charge is 0.477 e. The van der Waals surface area contributed by atoms with Gasteiger partial charge in [0, 0.05) is 40.2 Å². The first-order chi connectivity index (χ1) is 17.3. The SMILES string of the molecule is CCON=C(C(=O)NC1C(=O)N2C(C(=O)O)=C(C[n+]3cccc(CSC)c3)CS[C@H]12)c1nsc(N)n1. The molecule has 1 unspecified atom stereocenters. The second-order valence-corrected chi connectivity index (χ2v) is 10.5. The zero-order chi connectivity index (χ0) is 25.8. The van der Waals surface area contributed by atoms with E-state index in [1.165, 1.54) is 16.7 Å². The second-order valence-electron chi connectivity index (χ2n) is 7.75. The molecule has 0 spiro atoms. The summed E-state index contributed by atoms with van der Waals surface area (Å²) in [7, 11) is 0. The molecule has 0 aromatic carbocycles. The van der Waals surface area contributed by atoms with Crippen molar-refractivity contribution in [2.75, 3.05) is 24.3 Å². The van der Waals surface area contributed by atoms with Crippen molar-refractivity contribution in [1.29, 1.82) is 0 Å². The lowest BCUT2D eigenvalue weighted by atomic mass is 10.0. The van der Waals surface area contributed by atoms with Crippen molar-refractivity contribution in [2.45, 2.75) is 30.6 Å². The van der Waals surface area contributed by atoms with E-state index >= 15 is 0 Å². The number of hydrogen-bond acceptors (Lipinski definition) is 11. The van der Waals surface area contributed by atoms with Crippen LogP contribution in [0, 0.1) is 0 Å². The molecule has 190 valence electrons. The first-order valence-corrected chi connectivity index (χ1v) is 14.0. The maximum Gasteiger partial charge on any atom is 0.352 e. The summed E-state index contributed by atoms with van der Waals surface area (Å²) in [5, 5.41) is 15.9. The number of pyridine rings is 1. The number of rotatable bonds is 10. The second kappa shape index (κ2) is 11.3. The van der Waals surface area contributed by atoms with Crippen molar-refractivity contribution < 1.29 is 28.9 Å². The number of fused-ring (bicyclic) bond motifs is 1. The Morgan fingerprint density at radius 1 is 1.47 bits per heavy atom. The van der Waals surface area contributed by atoms with E-state index in [4.69, 9.17) is 10.6 Å². The summed E-state index contributed by atoms with van der Waals surface area (Å²) >= 11 is 3.98. The van der Waals surface area contributed by atoms with E-state index in [2.05, 4.69) is 19.8 Å². The zero-order valence-electron chi connectivity index (χ0n) is 19.4. The molecule has 2 aromatic heterocycles. The molecule has 0 bridgehead atoms. The van der Waals surface area contributed by atoms with Gasteiger partial charge < -0.3 is 21.0 Å². The molecule has 4 N–H and O–H groups in total. The highest BCUT2D eigenvalue weighted by Gasteiger charge is 2.54. The molecular weight excluding hydrogens is 526 g/mol. The van der Waals surface area contributed by atoms with Gasteiger partial charge in [-0.3, -0.25) is 14.5 Å².